The van der Waals surface area contributed by atoms with Gasteiger partial charge in [0.05, 0.1) is 32.0 Å². The molecule has 0 amide bonds. The Balaban J connectivity index is 0.918. The van der Waals surface area contributed by atoms with E-state index in [4.69, 9.17) is 42.6 Å². The fraction of sp³-hybridized carbons (Fsp3) is 0.306. The maximum absolute atomic E-state index is 14.8. The second-order valence-corrected chi connectivity index (χ2v) is 11.4. The van der Waals surface area contributed by atoms with Crippen molar-refractivity contribution in [2.45, 2.75) is 25.0 Å². The van der Waals surface area contributed by atoms with Crippen molar-refractivity contribution in [2.75, 3.05) is 46.8 Å². The van der Waals surface area contributed by atoms with Crippen LogP contribution in [0.4, 0.5) is 8.78 Å². The lowest BCUT2D eigenvalue weighted by Crippen LogP contribution is -2.12. The summed E-state index contributed by atoms with van der Waals surface area (Å²) < 4.78 is 77.6. The quantitative estimate of drug-likeness (QED) is 0.0450. The number of carbonyl (C=O) groups is 1. The lowest BCUT2D eigenvalue weighted by molar-refractivity contribution is 0.00788. The topological polar surface area (TPSA) is 107 Å². The van der Waals surface area contributed by atoms with Crippen molar-refractivity contribution in [3.05, 3.63) is 101 Å². The normalized spacial score (nSPS) is 18.4. The minimum atomic E-state index is -0.827. The second-order valence-electron chi connectivity index (χ2n) is 11.4. The summed E-state index contributed by atoms with van der Waals surface area (Å²) in [5.41, 5.74) is 3.72. The summed E-state index contributed by atoms with van der Waals surface area (Å²) in [5, 5.41) is 0. The van der Waals surface area contributed by atoms with E-state index in [0.29, 0.717) is 37.9 Å². The van der Waals surface area contributed by atoms with E-state index in [0.717, 1.165) is 28.3 Å². The van der Waals surface area contributed by atoms with Gasteiger partial charge in [0, 0.05) is 18.1 Å². The van der Waals surface area contributed by atoms with E-state index >= 15 is 0 Å². The minimum Gasteiger partial charge on any atom is -0.467 e. The Morgan fingerprint density at radius 1 is 0.667 bits per heavy atom. The Bertz CT molecular complexity index is 1790. The molecule has 0 saturated carbocycles. The molecule has 0 aromatic heterocycles. The molecular formula is C36H32F2O10. The number of rotatable bonds is 16. The van der Waals surface area contributed by atoms with Crippen LogP contribution in [0.1, 0.15) is 34.3 Å². The number of benzene rings is 4. The first-order valence-corrected chi connectivity index (χ1v) is 15.4. The zero-order chi connectivity index (χ0) is 33.0. The number of ether oxygens (including phenoxy) is 9. The van der Waals surface area contributed by atoms with Crippen molar-refractivity contribution in [1.29, 1.82) is 0 Å². The summed E-state index contributed by atoms with van der Waals surface area (Å²) in [4.78, 5) is 12.8. The van der Waals surface area contributed by atoms with Gasteiger partial charge in [0.2, 0.25) is 6.79 Å². The predicted octanol–water partition coefficient (Wildman–Crippen LogP) is 6.23. The van der Waals surface area contributed by atoms with Gasteiger partial charge in [0.25, 0.3) is 0 Å². The highest BCUT2D eigenvalue weighted by Gasteiger charge is 2.27. The van der Waals surface area contributed by atoms with Gasteiger partial charge in [0.15, 0.2) is 25.2 Å². The molecule has 3 unspecified atom stereocenters. The summed E-state index contributed by atoms with van der Waals surface area (Å²) in [6.07, 6.45) is 0.221. The third-order valence-corrected chi connectivity index (χ3v) is 8.01. The molecule has 4 aromatic carbocycles. The molecule has 250 valence electrons. The summed E-state index contributed by atoms with van der Waals surface area (Å²) in [6.45, 7) is 3.95. The van der Waals surface area contributed by atoms with Gasteiger partial charge < -0.3 is 42.6 Å². The lowest BCUT2D eigenvalue weighted by Gasteiger charge is -2.12. The summed E-state index contributed by atoms with van der Waals surface area (Å²) in [6, 6.07) is 19.2. The lowest BCUT2D eigenvalue weighted by atomic mass is 9.99. The molecule has 1 aliphatic carbocycles. The summed E-state index contributed by atoms with van der Waals surface area (Å²) in [7, 11) is 0. The molecule has 2 saturated heterocycles. The number of epoxide rings is 2. The van der Waals surface area contributed by atoms with Crippen LogP contribution in [0.15, 0.2) is 72.8 Å². The van der Waals surface area contributed by atoms with Gasteiger partial charge >= 0.3 is 5.97 Å². The average Bonchev–Trinajstić information content (AvgIpc) is 4.02. The van der Waals surface area contributed by atoms with Crippen molar-refractivity contribution in [2.24, 2.45) is 0 Å². The van der Waals surface area contributed by atoms with Crippen molar-refractivity contribution in [3.63, 3.8) is 0 Å². The van der Waals surface area contributed by atoms with Gasteiger partial charge in [-0.15, -0.1) is 0 Å². The highest BCUT2D eigenvalue weighted by molar-refractivity contribution is 5.92. The summed E-state index contributed by atoms with van der Waals surface area (Å²) in [5.74, 6) is -0.836. The van der Waals surface area contributed by atoms with Crippen LogP contribution in [0.2, 0.25) is 0 Å². The highest BCUT2D eigenvalue weighted by atomic mass is 19.1. The molecule has 3 aliphatic rings. The largest absolute Gasteiger partial charge is 0.467 e. The number of hydrogen-bond acceptors (Lipinski definition) is 10. The third kappa shape index (κ3) is 7.69. The smallest absolute Gasteiger partial charge is 0.346 e. The van der Waals surface area contributed by atoms with Crippen LogP contribution >= 0.6 is 0 Å². The van der Waals surface area contributed by atoms with Crippen LogP contribution in [0.3, 0.4) is 0 Å². The second kappa shape index (κ2) is 14.2. The molecule has 4 aromatic rings. The number of hydrogen-bond donors (Lipinski definition) is 0. The van der Waals surface area contributed by atoms with Gasteiger partial charge in [-0.25, -0.2) is 13.6 Å². The Morgan fingerprint density at radius 2 is 1.19 bits per heavy atom. The third-order valence-electron chi connectivity index (χ3n) is 8.01. The van der Waals surface area contributed by atoms with E-state index in [1.165, 1.54) is 24.3 Å². The maximum atomic E-state index is 14.8. The minimum absolute atomic E-state index is 0.00528. The monoisotopic (exact) mass is 662 g/mol. The average molecular weight is 663 g/mol. The Hall–Kier alpha value is -4.75. The van der Waals surface area contributed by atoms with E-state index in [2.05, 4.69) is 0 Å². The Labute approximate surface area is 274 Å². The van der Waals surface area contributed by atoms with E-state index in [1.807, 2.05) is 31.2 Å². The molecule has 7 rings (SSSR count). The van der Waals surface area contributed by atoms with E-state index in [-0.39, 0.29) is 61.3 Å². The first-order valence-electron chi connectivity index (χ1n) is 15.4. The Morgan fingerprint density at radius 3 is 1.79 bits per heavy atom. The maximum Gasteiger partial charge on any atom is 0.346 e. The number of esters is 1. The molecule has 2 fully saturated rings. The predicted molar refractivity (Wildman–Crippen MR) is 166 cm³/mol. The van der Waals surface area contributed by atoms with Crippen molar-refractivity contribution in [1.82, 2.24) is 0 Å². The van der Waals surface area contributed by atoms with E-state index in [1.54, 1.807) is 18.2 Å². The zero-order valence-corrected chi connectivity index (χ0v) is 25.9. The van der Waals surface area contributed by atoms with Crippen molar-refractivity contribution < 1.29 is 56.2 Å². The van der Waals surface area contributed by atoms with E-state index < -0.39 is 17.6 Å². The molecule has 12 heteroatoms. The Kier molecular flexibility index (Phi) is 9.39. The number of halogens is 2. The standard InChI is InChI=1S/C36H32F2O10/c1-21-31-10-22(46-20-47-35-9-5-24(13-34(35)38)45-19-41-15-27-17-43-27)2-6-28(31)29-7-4-25(11-32(21)29)48-36(39)30-8-3-23(12-33(30)37)44-18-40-14-26-16-42-26/h2-13,21,26-27H,14-20H2,1H3. The van der Waals surface area contributed by atoms with Crippen molar-refractivity contribution >= 4 is 5.97 Å². The molecule has 0 spiro atoms. The molecule has 2 heterocycles. The fourth-order valence-electron chi connectivity index (χ4n) is 5.28. The molecule has 0 radical (unpaired) electrons. The van der Waals surface area contributed by atoms with Gasteiger partial charge in [-0.05, 0) is 70.8 Å². The van der Waals surface area contributed by atoms with Gasteiger partial charge in [0.1, 0.15) is 41.0 Å². The van der Waals surface area contributed by atoms with E-state index in [9.17, 15) is 13.6 Å². The highest BCUT2D eigenvalue weighted by Crippen LogP contribution is 2.47. The van der Waals surface area contributed by atoms with Crippen LogP contribution in [-0.4, -0.2) is 65.0 Å². The van der Waals surface area contributed by atoms with Gasteiger partial charge in [-0.3, -0.25) is 0 Å². The van der Waals surface area contributed by atoms with Crippen LogP contribution in [0.5, 0.6) is 28.7 Å². The molecule has 48 heavy (non-hydrogen) atoms. The molecule has 10 nitrogen and oxygen atoms in total. The summed E-state index contributed by atoms with van der Waals surface area (Å²) >= 11 is 0. The SMILES string of the molecule is CC1c2cc(OCOc3ccc(OCOCC4CO4)cc3F)ccc2-c2ccc(OC(=O)c3ccc(OCOCC4CO4)cc3F)cc21. The van der Waals surface area contributed by atoms with Crippen LogP contribution in [-0.2, 0) is 18.9 Å². The van der Waals surface area contributed by atoms with Gasteiger partial charge in [-0.1, -0.05) is 19.1 Å². The van der Waals surface area contributed by atoms with Crippen LogP contribution in [0.25, 0.3) is 11.1 Å². The number of carbonyl (C=O) groups excluding carboxylic acids is 1. The van der Waals surface area contributed by atoms with Gasteiger partial charge in [-0.2, -0.15) is 0 Å². The van der Waals surface area contributed by atoms with Crippen molar-refractivity contribution in [3.8, 4) is 39.9 Å². The first kappa shape index (κ1) is 31.8. The molecular weight excluding hydrogens is 630 g/mol. The fourth-order valence-corrected chi connectivity index (χ4v) is 5.28. The molecule has 0 N–H and O–H groups in total. The molecule has 2 aliphatic heterocycles. The molecule has 0 bridgehead atoms. The van der Waals surface area contributed by atoms with Crippen LogP contribution < -0.4 is 23.7 Å². The molecule has 3 atom stereocenters. The zero-order valence-electron chi connectivity index (χ0n) is 25.9. The first-order chi connectivity index (χ1) is 23.4. The van der Waals surface area contributed by atoms with Crippen LogP contribution in [0, 0.1) is 11.6 Å². The number of fused-ring (bicyclic) bond motifs is 3.